The summed E-state index contributed by atoms with van der Waals surface area (Å²) >= 11 is 0.961. The minimum atomic E-state index is -1.32. The van der Waals surface area contributed by atoms with E-state index in [0.29, 0.717) is 16.2 Å². The van der Waals surface area contributed by atoms with Crippen LogP contribution >= 0.6 is 11.8 Å². The predicted octanol–water partition coefficient (Wildman–Crippen LogP) is 2.49. The summed E-state index contributed by atoms with van der Waals surface area (Å²) in [4.78, 5) is 22.0. The van der Waals surface area contributed by atoms with E-state index in [1.807, 2.05) is 0 Å². The van der Waals surface area contributed by atoms with Gasteiger partial charge >= 0.3 is 0 Å². The number of methoxy groups -OCH3 is 1. The zero-order valence-corrected chi connectivity index (χ0v) is 12.9. The van der Waals surface area contributed by atoms with Crippen LogP contribution in [0.15, 0.2) is 58.3 Å². The largest absolute Gasteiger partial charge is 0.544 e. The Bertz CT molecular complexity index is 755. The number of aliphatic carboxylic acids is 1. The molecule has 0 spiro atoms. The molecule has 0 aliphatic rings. The van der Waals surface area contributed by atoms with Crippen molar-refractivity contribution in [3.63, 3.8) is 0 Å². The number of nitrogens with zero attached hydrogens (tertiary/aromatic N) is 1. The van der Waals surface area contributed by atoms with Crippen LogP contribution in [0.3, 0.4) is 0 Å². The van der Waals surface area contributed by atoms with Gasteiger partial charge in [0.05, 0.1) is 18.0 Å². The number of benzene rings is 2. The summed E-state index contributed by atoms with van der Waals surface area (Å²) in [6.45, 7) is 0. The molecule has 0 heterocycles. The van der Waals surface area contributed by atoms with E-state index in [9.17, 15) is 20.0 Å². The van der Waals surface area contributed by atoms with Crippen molar-refractivity contribution >= 4 is 29.5 Å². The molecule has 118 valence electrons. The first-order valence-corrected chi connectivity index (χ1v) is 7.30. The van der Waals surface area contributed by atoms with E-state index in [1.165, 1.54) is 37.5 Å². The second-order valence-corrected chi connectivity index (χ2v) is 5.54. The highest BCUT2D eigenvalue weighted by Crippen LogP contribution is 2.29. The molecule has 0 saturated heterocycles. The van der Waals surface area contributed by atoms with Crippen molar-refractivity contribution in [1.82, 2.24) is 0 Å². The Hall–Kier alpha value is -2.80. The van der Waals surface area contributed by atoms with Gasteiger partial charge in [-0.05, 0) is 35.9 Å². The highest BCUT2D eigenvalue weighted by Gasteiger charge is 2.07. The summed E-state index contributed by atoms with van der Waals surface area (Å²) < 4.78 is 5.09. The van der Waals surface area contributed by atoms with Gasteiger partial charge in [-0.2, -0.15) is 0 Å². The third kappa shape index (κ3) is 4.58. The number of nitro benzene ring substituents is 1. The van der Waals surface area contributed by atoms with Crippen LogP contribution in [0.1, 0.15) is 5.56 Å². The average Bonchev–Trinajstić information content (AvgIpc) is 2.54. The zero-order chi connectivity index (χ0) is 16.8. The fourth-order valence-electron chi connectivity index (χ4n) is 1.78. The van der Waals surface area contributed by atoms with Gasteiger partial charge in [0, 0.05) is 21.9 Å². The lowest BCUT2D eigenvalue weighted by molar-refractivity contribution is -0.384. The van der Waals surface area contributed by atoms with Gasteiger partial charge in [-0.1, -0.05) is 23.9 Å². The van der Waals surface area contributed by atoms with E-state index in [4.69, 9.17) is 4.74 Å². The molecular weight excluding hydrogens is 318 g/mol. The number of rotatable bonds is 6. The maximum Gasteiger partial charge on any atom is 0.269 e. The minimum Gasteiger partial charge on any atom is -0.544 e. The van der Waals surface area contributed by atoms with Gasteiger partial charge in [-0.3, -0.25) is 10.1 Å². The molecule has 0 aliphatic carbocycles. The Morgan fingerprint density at radius 3 is 2.48 bits per heavy atom. The number of carbonyl (C=O) groups excluding carboxylic acids is 1. The normalized spacial score (nSPS) is 11.1. The van der Waals surface area contributed by atoms with E-state index in [1.54, 1.807) is 24.3 Å². The number of carbonyl (C=O) groups is 1. The SMILES string of the molecule is COc1cccc(/C=C(/Sc2ccc([N+](=O)[O-])cc2)C(=O)[O-])c1. The molecule has 2 rings (SSSR count). The molecule has 6 nitrogen and oxygen atoms in total. The Morgan fingerprint density at radius 1 is 1.22 bits per heavy atom. The van der Waals surface area contributed by atoms with Crippen molar-refractivity contribution in [2.75, 3.05) is 7.11 Å². The summed E-state index contributed by atoms with van der Waals surface area (Å²) in [7, 11) is 1.52. The number of hydrogen-bond donors (Lipinski definition) is 0. The standard InChI is InChI=1S/C16H13NO5S/c1-22-13-4-2-3-11(9-13)10-15(16(18)19)23-14-7-5-12(6-8-14)17(20)21/h2-10H,1H3,(H,18,19)/p-1/b15-10+. The first-order valence-electron chi connectivity index (χ1n) is 6.49. The molecule has 7 heteroatoms. The van der Waals surface area contributed by atoms with Crippen LogP contribution in [0.2, 0.25) is 0 Å². The summed E-state index contributed by atoms with van der Waals surface area (Å²) in [6.07, 6.45) is 1.46. The van der Waals surface area contributed by atoms with Gasteiger partial charge in [0.2, 0.25) is 0 Å². The highest BCUT2D eigenvalue weighted by atomic mass is 32.2. The second kappa shape index (κ2) is 7.46. The van der Waals surface area contributed by atoms with Crippen molar-refractivity contribution in [3.8, 4) is 5.75 Å². The number of thioether (sulfide) groups is 1. The Labute approximate surface area is 136 Å². The molecular formula is C16H12NO5S-. The Kier molecular flexibility index (Phi) is 5.37. The molecule has 0 aromatic heterocycles. The van der Waals surface area contributed by atoms with Crippen LogP contribution in [0.5, 0.6) is 5.75 Å². The van der Waals surface area contributed by atoms with Crippen molar-refractivity contribution in [1.29, 1.82) is 0 Å². The van der Waals surface area contributed by atoms with Crippen LogP contribution in [-0.2, 0) is 4.79 Å². The van der Waals surface area contributed by atoms with Crippen LogP contribution in [0.4, 0.5) is 5.69 Å². The highest BCUT2D eigenvalue weighted by molar-refractivity contribution is 8.04. The molecule has 2 aromatic carbocycles. The van der Waals surface area contributed by atoms with Crippen molar-refractivity contribution in [2.24, 2.45) is 0 Å². The van der Waals surface area contributed by atoms with Crippen molar-refractivity contribution in [2.45, 2.75) is 4.90 Å². The van der Waals surface area contributed by atoms with E-state index in [0.717, 1.165) is 11.8 Å². The van der Waals surface area contributed by atoms with Crippen LogP contribution in [-0.4, -0.2) is 18.0 Å². The fraction of sp³-hybridized carbons (Fsp3) is 0.0625. The maximum atomic E-state index is 11.3. The predicted molar refractivity (Wildman–Crippen MR) is 84.9 cm³/mol. The quantitative estimate of drug-likeness (QED) is 0.350. The molecule has 0 atom stereocenters. The molecule has 2 aromatic rings. The lowest BCUT2D eigenvalue weighted by Gasteiger charge is -2.09. The summed E-state index contributed by atoms with van der Waals surface area (Å²) in [5.74, 6) is -0.715. The van der Waals surface area contributed by atoms with Gasteiger partial charge in [-0.15, -0.1) is 0 Å². The lowest BCUT2D eigenvalue weighted by Crippen LogP contribution is -2.22. The van der Waals surface area contributed by atoms with Gasteiger partial charge in [-0.25, -0.2) is 0 Å². The number of non-ortho nitro benzene ring substituents is 1. The number of hydrogen-bond acceptors (Lipinski definition) is 6. The summed E-state index contributed by atoms with van der Waals surface area (Å²) in [6, 6.07) is 12.5. The second-order valence-electron chi connectivity index (χ2n) is 4.43. The molecule has 0 radical (unpaired) electrons. The number of carboxylic acids is 1. The van der Waals surface area contributed by atoms with E-state index >= 15 is 0 Å². The summed E-state index contributed by atoms with van der Waals surface area (Å²) in [5.41, 5.74) is 0.596. The third-order valence-corrected chi connectivity index (χ3v) is 3.88. The third-order valence-electron chi connectivity index (χ3n) is 2.87. The zero-order valence-electron chi connectivity index (χ0n) is 12.1. The fourth-order valence-corrected chi connectivity index (χ4v) is 2.58. The van der Waals surface area contributed by atoms with E-state index in [-0.39, 0.29) is 10.6 Å². The number of nitro groups is 1. The van der Waals surface area contributed by atoms with Crippen LogP contribution in [0, 0.1) is 10.1 Å². The molecule has 0 saturated carbocycles. The van der Waals surface area contributed by atoms with Crippen molar-refractivity contribution < 1.29 is 19.6 Å². The molecule has 0 amide bonds. The number of carboxylic acid groups (broad SMARTS) is 1. The van der Waals surface area contributed by atoms with Crippen molar-refractivity contribution in [3.05, 3.63) is 69.1 Å². The first-order chi connectivity index (χ1) is 11.0. The molecule has 0 aliphatic heterocycles. The Morgan fingerprint density at radius 2 is 1.91 bits per heavy atom. The number of ether oxygens (including phenoxy) is 1. The topological polar surface area (TPSA) is 92.5 Å². The average molecular weight is 330 g/mol. The Balaban J connectivity index is 2.26. The van der Waals surface area contributed by atoms with Crippen LogP contribution in [0.25, 0.3) is 6.08 Å². The molecule has 0 fully saturated rings. The van der Waals surface area contributed by atoms with Gasteiger partial charge in [0.15, 0.2) is 0 Å². The molecule has 0 bridgehead atoms. The van der Waals surface area contributed by atoms with E-state index in [2.05, 4.69) is 0 Å². The smallest absolute Gasteiger partial charge is 0.269 e. The minimum absolute atomic E-state index is 0.00731. The first kappa shape index (κ1) is 16.6. The summed E-state index contributed by atoms with van der Waals surface area (Å²) in [5, 5.41) is 21.9. The molecule has 0 unspecified atom stereocenters. The van der Waals surface area contributed by atoms with Gasteiger partial charge in [0.25, 0.3) is 5.69 Å². The molecule has 23 heavy (non-hydrogen) atoms. The lowest BCUT2D eigenvalue weighted by atomic mass is 10.2. The van der Waals surface area contributed by atoms with E-state index < -0.39 is 10.9 Å². The molecule has 0 N–H and O–H groups in total. The maximum absolute atomic E-state index is 11.3. The van der Waals surface area contributed by atoms with Gasteiger partial charge < -0.3 is 14.6 Å². The van der Waals surface area contributed by atoms with Crippen LogP contribution < -0.4 is 9.84 Å². The monoisotopic (exact) mass is 330 g/mol. The van der Waals surface area contributed by atoms with Gasteiger partial charge in [0.1, 0.15) is 5.75 Å².